The number of pyridine rings is 1. The summed E-state index contributed by atoms with van der Waals surface area (Å²) in [6.07, 6.45) is 5.45. The molecule has 0 aliphatic heterocycles. The van der Waals surface area contributed by atoms with Crippen LogP contribution < -0.4 is 10.6 Å². The standard InChI is InChI=1S/C19H25FN4/c1-14-12-18(20)5-4-16(14)7-10-23-19(21-3)24-11-8-17-6-9-22-13-15(17)2/h4-6,9,12-13H,7-8,10-11H2,1-3H3,(H2,21,23,24). The molecule has 0 aliphatic rings. The van der Waals surface area contributed by atoms with E-state index in [0.717, 1.165) is 43.0 Å². The first-order valence-corrected chi connectivity index (χ1v) is 8.19. The molecule has 1 aromatic carbocycles. The van der Waals surface area contributed by atoms with Crippen LogP contribution in [0.1, 0.15) is 22.3 Å². The predicted octanol–water partition coefficient (Wildman–Crippen LogP) is 2.79. The minimum atomic E-state index is -0.187. The lowest BCUT2D eigenvalue weighted by Crippen LogP contribution is -2.39. The summed E-state index contributed by atoms with van der Waals surface area (Å²) in [5, 5.41) is 6.61. The normalized spacial score (nSPS) is 11.4. The highest BCUT2D eigenvalue weighted by molar-refractivity contribution is 5.79. The zero-order valence-corrected chi connectivity index (χ0v) is 14.6. The summed E-state index contributed by atoms with van der Waals surface area (Å²) in [4.78, 5) is 8.34. The number of rotatable bonds is 6. The summed E-state index contributed by atoms with van der Waals surface area (Å²) < 4.78 is 13.1. The third-order valence-electron chi connectivity index (χ3n) is 4.04. The third kappa shape index (κ3) is 5.33. The van der Waals surface area contributed by atoms with Crippen molar-refractivity contribution in [3.05, 3.63) is 64.7 Å². The molecule has 0 atom stereocenters. The van der Waals surface area contributed by atoms with Crippen molar-refractivity contribution in [2.75, 3.05) is 20.1 Å². The Kier molecular flexibility index (Phi) is 6.73. The van der Waals surface area contributed by atoms with Gasteiger partial charge in [0.25, 0.3) is 0 Å². The molecule has 2 N–H and O–H groups in total. The van der Waals surface area contributed by atoms with Crippen LogP contribution in [-0.4, -0.2) is 31.1 Å². The van der Waals surface area contributed by atoms with E-state index in [1.807, 2.05) is 31.5 Å². The second kappa shape index (κ2) is 9.01. The van der Waals surface area contributed by atoms with Gasteiger partial charge in [-0.2, -0.15) is 0 Å². The van der Waals surface area contributed by atoms with E-state index >= 15 is 0 Å². The maximum Gasteiger partial charge on any atom is 0.190 e. The lowest BCUT2D eigenvalue weighted by Gasteiger charge is -2.13. The number of halogens is 1. The smallest absolute Gasteiger partial charge is 0.190 e. The van der Waals surface area contributed by atoms with Crippen molar-refractivity contribution in [1.29, 1.82) is 0 Å². The van der Waals surface area contributed by atoms with Crippen LogP contribution in [0.25, 0.3) is 0 Å². The highest BCUT2D eigenvalue weighted by Crippen LogP contribution is 2.10. The molecule has 2 rings (SSSR count). The van der Waals surface area contributed by atoms with Crippen molar-refractivity contribution in [1.82, 2.24) is 15.6 Å². The Morgan fingerprint density at radius 2 is 1.71 bits per heavy atom. The van der Waals surface area contributed by atoms with Crippen molar-refractivity contribution in [3.8, 4) is 0 Å². The molecule has 128 valence electrons. The maximum atomic E-state index is 13.1. The van der Waals surface area contributed by atoms with Gasteiger partial charge in [0.2, 0.25) is 0 Å². The van der Waals surface area contributed by atoms with Gasteiger partial charge in [0.05, 0.1) is 0 Å². The van der Waals surface area contributed by atoms with Gasteiger partial charge in [-0.05, 0) is 67.1 Å². The van der Waals surface area contributed by atoms with Crippen LogP contribution in [0.2, 0.25) is 0 Å². The number of benzene rings is 1. The molecule has 1 heterocycles. The van der Waals surface area contributed by atoms with Crippen LogP contribution in [0.5, 0.6) is 0 Å². The van der Waals surface area contributed by atoms with E-state index in [0.29, 0.717) is 0 Å². The monoisotopic (exact) mass is 328 g/mol. The van der Waals surface area contributed by atoms with Crippen molar-refractivity contribution in [3.63, 3.8) is 0 Å². The second-order valence-electron chi connectivity index (χ2n) is 5.80. The summed E-state index contributed by atoms with van der Waals surface area (Å²) in [6.45, 7) is 5.56. The Morgan fingerprint density at radius 3 is 2.29 bits per heavy atom. The molecular formula is C19H25FN4. The summed E-state index contributed by atoms with van der Waals surface area (Å²) in [5.41, 5.74) is 4.61. The van der Waals surface area contributed by atoms with Gasteiger partial charge in [0.15, 0.2) is 5.96 Å². The van der Waals surface area contributed by atoms with Crippen molar-refractivity contribution in [2.24, 2.45) is 4.99 Å². The molecule has 5 heteroatoms. The van der Waals surface area contributed by atoms with Crippen LogP contribution in [0.15, 0.2) is 41.7 Å². The lowest BCUT2D eigenvalue weighted by molar-refractivity contribution is 0.625. The molecule has 0 saturated heterocycles. The van der Waals surface area contributed by atoms with Gasteiger partial charge >= 0.3 is 0 Å². The minimum absolute atomic E-state index is 0.187. The second-order valence-corrected chi connectivity index (χ2v) is 5.80. The number of aliphatic imine (C=N–C) groups is 1. The highest BCUT2D eigenvalue weighted by Gasteiger charge is 2.02. The Bertz CT molecular complexity index is 698. The summed E-state index contributed by atoms with van der Waals surface area (Å²) >= 11 is 0. The molecule has 2 aromatic rings. The van der Waals surface area contributed by atoms with Gasteiger partial charge in [-0.1, -0.05) is 6.07 Å². The molecule has 24 heavy (non-hydrogen) atoms. The molecule has 1 aromatic heterocycles. The van der Waals surface area contributed by atoms with E-state index in [1.54, 1.807) is 13.1 Å². The Hall–Kier alpha value is -2.43. The van der Waals surface area contributed by atoms with Gasteiger partial charge in [-0.3, -0.25) is 9.98 Å². The summed E-state index contributed by atoms with van der Waals surface area (Å²) in [7, 11) is 1.76. The minimum Gasteiger partial charge on any atom is -0.356 e. The van der Waals surface area contributed by atoms with Crippen LogP contribution in [0.3, 0.4) is 0 Å². The number of guanidine groups is 1. The fourth-order valence-electron chi connectivity index (χ4n) is 2.57. The predicted molar refractivity (Wildman–Crippen MR) is 96.9 cm³/mol. The van der Waals surface area contributed by atoms with Crippen LogP contribution >= 0.6 is 0 Å². The SMILES string of the molecule is CN=C(NCCc1ccncc1C)NCCc1ccc(F)cc1C. The fourth-order valence-corrected chi connectivity index (χ4v) is 2.57. The van der Waals surface area contributed by atoms with Gasteiger partial charge in [-0.25, -0.2) is 4.39 Å². The fraction of sp³-hybridized carbons (Fsp3) is 0.368. The van der Waals surface area contributed by atoms with E-state index in [2.05, 4.69) is 27.5 Å². The number of aromatic nitrogens is 1. The molecule has 0 saturated carbocycles. The largest absolute Gasteiger partial charge is 0.356 e. The quantitative estimate of drug-likeness (QED) is 0.633. The first kappa shape index (κ1) is 17.9. The third-order valence-corrected chi connectivity index (χ3v) is 4.04. The average molecular weight is 328 g/mol. The Labute approximate surface area is 143 Å². The molecule has 0 amide bonds. The Morgan fingerprint density at radius 1 is 1.04 bits per heavy atom. The van der Waals surface area contributed by atoms with Crippen molar-refractivity contribution in [2.45, 2.75) is 26.7 Å². The highest BCUT2D eigenvalue weighted by atomic mass is 19.1. The molecule has 0 aliphatic carbocycles. The van der Waals surface area contributed by atoms with Gasteiger partial charge in [0.1, 0.15) is 5.82 Å². The summed E-state index contributed by atoms with van der Waals surface area (Å²) in [6, 6.07) is 6.96. The first-order valence-electron chi connectivity index (χ1n) is 8.19. The first-order chi connectivity index (χ1) is 11.6. The van der Waals surface area contributed by atoms with E-state index < -0.39 is 0 Å². The zero-order valence-electron chi connectivity index (χ0n) is 14.6. The molecule has 0 spiro atoms. The van der Waals surface area contributed by atoms with Crippen molar-refractivity contribution >= 4 is 5.96 Å². The van der Waals surface area contributed by atoms with E-state index in [1.165, 1.54) is 17.2 Å². The molecule has 4 nitrogen and oxygen atoms in total. The molecule has 0 fully saturated rings. The molecule has 0 unspecified atom stereocenters. The van der Waals surface area contributed by atoms with Gasteiger partial charge < -0.3 is 10.6 Å². The number of hydrogen-bond donors (Lipinski definition) is 2. The van der Waals surface area contributed by atoms with E-state index in [-0.39, 0.29) is 5.82 Å². The van der Waals surface area contributed by atoms with Gasteiger partial charge in [-0.15, -0.1) is 0 Å². The van der Waals surface area contributed by atoms with Crippen LogP contribution in [-0.2, 0) is 12.8 Å². The number of nitrogens with one attached hydrogen (secondary N) is 2. The van der Waals surface area contributed by atoms with E-state index in [9.17, 15) is 4.39 Å². The summed E-state index contributed by atoms with van der Waals surface area (Å²) in [5.74, 6) is 0.592. The molecule has 0 bridgehead atoms. The molecular weight excluding hydrogens is 303 g/mol. The van der Waals surface area contributed by atoms with E-state index in [4.69, 9.17) is 0 Å². The number of hydrogen-bond acceptors (Lipinski definition) is 2. The molecule has 0 radical (unpaired) electrons. The lowest BCUT2D eigenvalue weighted by atomic mass is 10.1. The number of aryl methyl sites for hydroxylation is 2. The van der Waals surface area contributed by atoms with Crippen LogP contribution in [0, 0.1) is 19.7 Å². The maximum absolute atomic E-state index is 13.1. The zero-order chi connectivity index (χ0) is 17.4. The topological polar surface area (TPSA) is 49.3 Å². The van der Waals surface area contributed by atoms with Crippen LogP contribution in [0.4, 0.5) is 4.39 Å². The number of nitrogens with zero attached hydrogens (tertiary/aromatic N) is 2. The van der Waals surface area contributed by atoms with Crippen molar-refractivity contribution < 1.29 is 4.39 Å². The Balaban J connectivity index is 1.75. The average Bonchev–Trinajstić information content (AvgIpc) is 2.57. The van der Waals surface area contributed by atoms with Gasteiger partial charge in [0, 0.05) is 32.5 Å².